The molecule has 1 atom stereocenters. The van der Waals surface area contributed by atoms with E-state index in [0.29, 0.717) is 17.5 Å². The lowest BCUT2D eigenvalue weighted by Gasteiger charge is -2.42. The Morgan fingerprint density at radius 2 is 1.86 bits per heavy atom. The summed E-state index contributed by atoms with van der Waals surface area (Å²) in [5.74, 6) is -0.114. The summed E-state index contributed by atoms with van der Waals surface area (Å²) in [6.45, 7) is 4.89. The molecule has 1 saturated carbocycles. The third-order valence-corrected chi connectivity index (χ3v) is 8.83. The Hall–Kier alpha value is -4.78. The average molecular weight is 596 g/mol. The first-order valence-corrected chi connectivity index (χ1v) is 15.2. The van der Waals surface area contributed by atoms with Gasteiger partial charge in [-0.15, -0.1) is 10.2 Å². The minimum absolute atomic E-state index is 0.0200. The summed E-state index contributed by atoms with van der Waals surface area (Å²) in [5.41, 5.74) is 6.94. The largest absolute Gasteiger partial charge is 0.364 e. The fourth-order valence-electron chi connectivity index (χ4n) is 6.41. The Labute approximate surface area is 255 Å². The number of nitrogens with zero attached hydrogens (tertiary/aromatic N) is 8. The first-order chi connectivity index (χ1) is 21.3. The average Bonchev–Trinajstić information content (AvgIpc) is 3.65. The van der Waals surface area contributed by atoms with E-state index in [9.17, 15) is 9.59 Å². The zero-order valence-electron chi connectivity index (χ0n) is 25.4. The number of benzene rings is 1. The zero-order valence-corrected chi connectivity index (χ0v) is 25.4. The predicted octanol–water partition coefficient (Wildman–Crippen LogP) is 3.48. The Morgan fingerprint density at radius 3 is 2.57 bits per heavy atom. The van der Waals surface area contributed by atoms with Gasteiger partial charge in [0.2, 0.25) is 5.91 Å². The standard InChI is InChI=1S/C31H37N11O2/c1-5-25-29-22(14-33-42(29)20-16-41(17-20)15-19-11-12-39(3)38-19)21-7-6-8-23(28(21)40(25)4)34-24-13-26(35-30(43)18-9-10-18)36-37-27(24)31(44)32-2/h6-8,11-14,18,20,25H,5,9-10,15-17H2,1-4H3,(H,32,44)(H2,34,35,36,43)/t25-/m0/s1. The zero-order chi connectivity index (χ0) is 30.5. The number of aryl methyl sites for hydroxylation is 1. The van der Waals surface area contributed by atoms with Crippen molar-refractivity contribution < 1.29 is 9.59 Å². The minimum Gasteiger partial charge on any atom is -0.364 e. The molecule has 13 nitrogen and oxygen atoms in total. The maximum absolute atomic E-state index is 12.7. The number of amides is 2. The maximum atomic E-state index is 12.7. The second-order valence-corrected chi connectivity index (χ2v) is 11.9. The predicted molar refractivity (Wildman–Crippen MR) is 167 cm³/mol. The van der Waals surface area contributed by atoms with Crippen LogP contribution in [0, 0.1) is 5.92 Å². The molecule has 0 unspecified atom stereocenters. The van der Waals surface area contributed by atoms with Gasteiger partial charge in [-0.05, 0) is 31.4 Å². The molecule has 3 N–H and O–H groups in total. The maximum Gasteiger partial charge on any atom is 0.273 e. The highest BCUT2D eigenvalue weighted by Crippen LogP contribution is 2.50. The van der Waals surface area contributed by atoms with Crippen molar-refractivity contribution in [3.8, 4) is 11.1 Å². The van der Waals surface area contributed by atoms with Crippen LogP contribution < -0.4 is 20.9 Å². The van der Waals surface area contributed by atoms with E-state index in [1.165, 1.54) is 5.69 Å². The number of aromatic nitrogens is 6. The van der Waals surface area contributed by atoms with Gasteiger partial charge in [0.25, 0.3) is 5.91 Å². The van der Waals surface area contributed by atoms with Crippen molar-refractivity contribution in [2.75, 3.05) is 42.7 Å². The lowest BCUT2D eigenvalue weighted by molar-refractivity contribution is -0.117. The fraction of sp³-hybridized carbons (Fsp3) is 0.419. The number of carbonyl (C=O) groups is 2. The molecule has 0 radical (unpaired) electrons. The summed E-state index contributed by atoms with van der Waals surface area (Å²) in [6.07, 6.45) is 6.62. The Balaban J connectivity index is 1.19. The van der Waals surface area contributed by atoms with Gasteiger partial charge < -0.3 is 20.9 Å². The van der Waals surface area contributed by atoms with Crippen LogP contribution >= 0.6 is 0 Å². The van der Waals surface area contributed by atoms with Crippen LogP contribution in [0.3, 0.4) is 0 Å². The molecule has 13 heteroatoms. The van der Waals surface area contributed by atoms with E-state index in [2.05, 4.69) is 71.8 Å². The van der Waals surface area contributed by atoms with E-state index < -0.39 is 0 Å². The smallest absolute Gasteiger partial charge is 0.273 e. The first kappa shape index (κ1) is 28.0. The van der Waals surface area contributed by atoms with Gasteiger partial charge in [0.05, 0.1) is 46.7 Å². The van der Waals surface area contributed by atoms with Gasteiger partial charge in [-0.25, -0.2) is 0 Å². The van der Waals surface area contributed by atoms with Gasteiger partial charge in [-0.3, -0.25) is 23.9 Å². The molecule has 1 aromatic carbocycles. The van der Waals surface area contributed by atoms with Crippen molar-refractivity contribution in [3.05, 3.63) is 59.8 Å². The van der Waals surface area contributed by atoms with Crippen LogP contribution in [0.2, 0.25) is 0 Å². The molecule has 2 amide bonds. The van der Waals surface area contributed by atoms with Crippen molar-refractivity contribution in [1.82, 2.24) is 40.0 Å². The Bertz CT molecular complexity index is 1730. The molecule has 2 fully saturated rings. The minimum atomic E-state index is -0.370. The van der Waals surface area contributed by atoms with Crippen molar-refractivity contribution in [2.45, 2.75) is 44.8 Å². The van der Waals surface area contributed by atoms with Crippen LogP contribution in [0.25, 0.3) is 11.1 Å². The second kappa shape index (κ2) is 11.1. The first-order valence-electron chi connectivity index (χ1n) is 15.2. The number of para-hydroxylation sites is 1. The van der Waals surface area contributed by atoms with E-state index in [0.717, 1.165) is 67.1 Å². The highest BCUT2D eigenvalue weighted by atomic mass is 16.2. The highest BCUT2D eigenvalue weighted by Gasteiger charge is 2.38. The number of carbonyl (C=O) groups excluding carboxylic acids is 2. The highest BCUT2D eigenvalue weighted by molar-refractivity contribution is 6.01. The number of anilines is 4. The third-order valence-electron chi connectivity index (χ3n) is 8.83. The number of fused-ring (bicyclic) bond motifs is 3. The SMILES string of the molecule is CC[C@H]1c2c(cnn2C2CN(Cc3ccn(C)n3)C2)-c2cccc(Nc3cc(NC(=O)C4CC4)nnc3C(=O)NC)c2N1C. The summed E-state index contributed by atoms with van der Waals surface area (Å²) in [4.78, 5) is 29.9. The molecule has 0 spiro atoms. The number of hydrogen-bond acceptors (Lipinski definition) is 9. The molecule has 0 bridgehead atoms. The Kier molecular flexibility index (Phi) is 7.04. The molecule has 4 aromatic rings. The molecule has 5 heterocycles. The van der Waals surface area contributed by atoms with Crippen LogP contribution in [0.1, 0.15) is 60.1 Å². The van der Waals surface area contributed by atoms with Gasteiger partial charge in [-0.2, -0.15) is 10.2 Å². The monoisotopic (exact) mass is 595 g/mol. The second-order valence-electron chi connectivity index (χ2n) is 11.9. The van der Waals surface area contributed by atoms with E-state index in [-0.39, 0.29) is 29.5 Å². The number of nitrogens with one attached hydrogen (secondary N) is 3. The molecular weight excluding hydrogens is 558 g/mol. The molecule has 44 heavy (non-hydrogen) atoms. The number of rotatable bonds is 9. The van der Waals surface area contributed by atoms with Crippen LogP contribution in [0.5, 0.6) is 0 Å². The lowest BCUT2D eigenvalue weighted by atomic mass is 9.91. The summed E-state index contributed by atoms with van der Waals surface area (Å²) < 4.78 is 4.07. The third kappa shape index (κ3) is 4.96. The van der Waals surface area contributed by atoms with Crippen molar-refractivity contribution in [2.24, 2.45) is 13.0 Å². The quantitative estimate of drug-likeness (QED) is 0.266. The summed E-state index contributed by atoms with van der Waals surface area (Å²) in [5, 5.41) is 26.7. The normalized spacial score (nSPS) is 17.9. The molecule has 2 aliphatic heterocycles. The van der Waals surface area contributed by atoms with Crippen molar-refractivity contribution in [1.29, 1.82) is 0 Å². The molecule has 3 aliphatic rings. The number of likely N-dealkylation sites (tertiary alicyclic amines) is 1. The van der Waals surface area contributed by atoms with Crippen LogP contribution in [-0.2, 0) is 18.4 Å². The van der Waals surface area contributed by atoms with Crippen molar-refractivity contribution >= 4 is 34.7 Å². The van der Waals surface area contributed by atoms with E-state index in [1.807, 2.05) is 36.3 Å². The van der Waals surface area contributed by atoms with Crippen LogP contribution in [0.4, 0.5) is 22.9 Å². The summed E-state index contributed by atoms with van der Waals surface area (Å²) in [7, 11) is 5.61. The van der Waals surface area contributed by atoms with E-state index in [4.69, 9.17) is 5.10 Å². The van der Waals surface area contributed by atoms with Gasteiger partial charge in [0, 0.05) is 70.1 Å². The molecule has 228 valence electrons. The molecule has 7 rings (SSSR count). The number of hydrogen-bond donors (Lipinski definition) is 3. The lowest BCUT2D eigenvalue weighted by Crippen LogP contribution is -2.48. The topological polar surface area (TPSA) is 138 Å². The Morgan fingerprint density at radius 1 is 1.05 bits per heavy atom. The molecule has 3 aromatic heterocycles. The fourth-order valence-corrected chi connectivity index (χ4v) is 6.41. The van der Waals surface area contributed by atoms with Crippen molar-refractivity contribution in [3.63, 3.8) is 0 Å². The summed E-state index contributed by atoms with van der Waals surface area (Å²) in [6, 6.07) is 10.3. The molecule has 1 aliphatic carbocycles. The van der Waals surface area contributed by atoms with Gasteiger partial charge in [0.1, 0.15) is 0 Å². The molecule has 1 saturated heterocycles. The van der Waals surface area contributed by atoms with Gasteiger partial charge in [0.15, 0.2) is 11.5 Å². The van der Waals surface area contributed by atoms with Gasteiger partial charge >= 0.3 is 0 Å². The van der Waals surface area contributed by atoms with Gasteiger partial charge in [-0.1, -0.05) is 19.1 Å². The molecular formula is C31H37N11O2. The van der Waals surface area contributed by atoms with Crippen LogP contribution in [-0.4, -0.2) is 73.7 Å². The van der Waals surface area contributed by atoms with E-state index in [1.54, 1.807) is 13.1 Å². The summed E-state index contributed by atoms with van der Waals surface area (Å²) >= 11 is 0. The van der Waals surface area contributed by atoms with Crippen LogP contribution in [0.15, 0.2) is 42.7 Å². The van der Waals surface area contributed by atoms with E-state index >= 15 is 0 Å².